The first kappa shape index (κ1) is 11.8. The maximum Gasteiger partial charge on any atom is 0.123 e. The van der Waals surface area contributed by atoms with Crippen molar-refractivity contribution in [3.05, 3.63) is 71.0 Å². The maximum absolute atomic E-state index is 13.3. The van der Waals surface area contributed by atoms with Crippen molar-refractivity contribution in [2.45, 2.75) is 26.2 Å². The Morgan fingerprint density at radius 3 is 2.12 bits per heavy atom. The van der Waals surface area contributed by atoms with Gasteiger partial charge in [-0.1, -0.05) is 55.8 Å². The van der Waals surface area contributed by atoms with Crippen LogP contribution in [0.25, 0.3) is 0 Å². The second-order valence-electron chi connectivity index (χ2n) is 5.00. The number of benzene rings is 2. The van der Waals surface area contributed by atoms with E-state index in [-0.39, 0.29) is 11.2 Å². The van der Waals surface area contributed by atoms with Gasteiger partial charge in [-0.25, -0.2) is 4.39 Å². The zero-order valence-corrected chi connectivity index (χ0v) is 10.5. The first-order chi connectivity index (χ1) is 8.00. The van der Waals surface area contributed by atoms with Crippen LogP contribution in [0.1, 0.15) is 30.5 Å². The molecule has 1 heteroatoms. The Hall–Kier alpha value is -1.63. The molecule has 0 aromatic heterocycles. The number of hydrogen-bond donors (Lipinski definition) is 0. The molecule has 0 heterocycles. The van der Waals surface area contributed by atoms with E-state index in [9.17, 15) is 4.39 Å². The fourth-order valence-electron chi connectivity index (χ4n) is 2.01. The molecule has 0 aliphatic rings. The van der Waals surface area contributed by atoms with Crippen LogP contribution in [0.4, 0.5) is 4.39 Å². The summed E-state index contributed by atoms with van der Waals surface area (Å²) >= 11 is 0. The fourth-order valence-corrected chi connectivity index (χ4v) is 2.01. The lowest BCUT2D eigenvalue weighted by Crippen LogP contribution is -2.18. The minimum Gasteiger partial charge on any atom is -0.207 e. The van der Waals surface area contributed by atoms with Crippen LogP contribution in [0.15, 0.2) is 48.5 Å². The van der Waals surface area contributed by atoms with Crippen molar-refractivity contribution < 1.29 is 4.39 Å². The largest absolute Gasteiger partial charge is 0.207 e. The van der Waals surface area contributed by atoms with Gasteiger partial charge >= 0.3 is 0 Å². The second-order valence-corrected chi connectivity index (χ2v) is 5.00. The molecule has 0 saturated carbocycles. The van der Waals surface area contributed by atoms with Gasteiger partial charge in [0.1, 0.15) is 5.82 Å². The van der Waals surface area contributed by atoms with Crippen LogP contribution in [0, 0.1) is 12.7 Å². The van der Waals surface area contributed by atoms with Crippen molar-refractivity contribution >= 4 is 0 Å². The molecule has 0 radical (unpaired) electrons. The van der Waals surface area contributed by atoms with Gasteiger partial charge in [0.05, 0.1) is 0 Å². The monoisotopic (exact) mass is 228 g/mol. The molecular formula is C16H17F. The van der Waals surface area contributed by atoms with Gasteiger partial charge in [-0.2, -0.15) is 0 Å². The summed E-state index contributed by atoms with van der Waals surface area (Å²) in [7, 11) is 0. The molecule has 0 saturated heterocycles. The Morgan fingerprint density at radius 1 is 0.882 bits per heavy atom. The molecule has 0 amide bonds. The smallest absolute Gasteiger partial charge is 0.123 e. The number of aryl methyl sites for hydroxylation is 1. The highest BCUT2D eigenvalue weighted by Gasteiger charge is 2.23. The molecular weight excluding hydrogens is 211 g/mol. The number of halogens is 1. The van der Waals surface area contributed by atoms with E-state index >= 15 is 0 Å². The summed E-state index contributed by atoms with van der Waals surface area (Å²) in [5, 5.41) is 0. The Morgan fingerprint density at radius 2 is 1.53 bits per heavy atom. The minimum atomic E-state index is -0.178. The van der Waals surface area contributed by atoms with Crippen molar-refractivity contribution in [2.24, 2.45) is 0 Å². The van der Waals surface area contributed by atoms with E-state index in [0.717, 1.165) is 5.56 Å². The molecule has 2 rings (SSSR count). The van der Waals surface area contributed by atoms with Gasteiger partial charge in [-0.3, -0.25) is 0 Å². The zero-order chi connectivity index (χ0) is 12.5. The molecule has 0 fully saturated rings. The third kappa shape index (κ3) is 2.38. The van der Waals surface area contributed by atoms with Gasteiger partial charge < -0.3 is 0 Å². The summed E-state index contributed by atoms with van der Waals surface area (Å²) in [6.07, 6.45) is 0. The molecule has 0 nitrogen and oxygen atoms in total. The SMILES string of the molecule is Cc1ccc(C(C)(C)c2cccc(F)c2)cc1. The van der Waals surface area contributed by atoms with Crippen molar-refractivity contribution in [3.8, 4) is 0 Å². The summed E-state index contributed by atoms with van der Waals surface area (Å²) in [4.78, 5) is 0. The van der Waals surface area contributed by atoms with Gasteiger partial charge in [0.2, 0.25) is 0 Å². The Balaban J connectivity index is 2.45. The van der Waals surface area contributed by atoms with E-state index in [1.165, 1.54) is 17.2 Å². The highest BCUT2D eigenvalue weighted by atomic mass is 19.1. The zero-order valence-electron chi connectivity index (χ0n) is 10.5. The summed E-state index contributed by atoms with van der Waals surface area (Å²) in [5.41, 5.74) is 3.27. The molecule has 17 heavy (non-hydrogen) atoms. The normalized spacial score (nSPS) is 11.5. The van der Waals surface area contributed by atoms with Crippen molar-refractivity contribution in [1.82, 2.24) is 0 Å². The fraction of sp³-hybridized carbons (Fsp3) is 0.250. The van der Waals surface area contributed by atoms with E-state index in [0.29, 0.717) is 0 Å². The van der Waals surface area contributed by atoms with Crippen LogP contribution in [-0.4, -0.2) is 0 Å². The molecule has 0 spiro atoms. The first-order valence-electron chi connectivity index (χ1n) is 5.83. The quantitative estimate of drug-likeness (QED) is 0.712. The van der Waals surface area contributed by atoms with Crippen molar-refractivity contribution in [1.29, 1.82) is 0 Å². The van der Waals surface area contributed by atoms with Crippen LogP contribution in [0.5, 0.6) is 0 Å². The van der Waals surface area contributed by atoms with E-state index in [1.807, 2.05) is 6.07 Å². The van der Waals surface area contributed by atoms with Crippen LogP contribution in [0.3, 0.4) is 0 Å². The van der Waals surface area contributed by atoms with Crippen LogP contribution in [-0.2, 0) is 5.41 Å². The van der Waals surface area contributed by atoms with Crippen LogP contribution in [0.2, 0.25) is 0 Å². The van der Waals surface area contributed by atoms with Crippen molar-refractivity contribution in [2.75, 3.05) is 0 Å². The second kappa shape index (κ2) is 4.33. The predicted octanol–water partition coefficient (Wildman–Crippen LogP) is 4.46. The average Bonchev–Trinajstić information content (AvgIpc) is 2.29. The molecule has 0 atom stereocenters. The maximum atomic E-state index is 13.3. The Kier molecular flexibility index (Phi) is 3.01. The average molecular weight is 228 g/mol. The molecule has 0 aliphatic heterocycles. The van der Waals surface area contributed by atoms with Crippen LogP contribution >= 0.6 is 0 Å². The third-order valence-corrected chi connectivity index (χ3v) is 3.32. The molecule has 0 bridgehead atoms. The van der Waals surface area contributed by atoms with Gasteiger partial charge in [-0.15, -0.1) is 0 Å². The predicted molar refractivity (Wildman–Crippen MR) is 69.7 cm³/mol. The third-order valence-electron chi connectivity index (χ3n) is 3.32. The van der Waals surface area contributed by atoms with E-state index in [2.05, 4.69) is 45.0 Å². The molecule has 0 unspecified atom stereocenters. The van der Waals surface area contributed by atoms with Gasteiger partial charge in [0.15, 0.2) is 0 Å². The van der Waals surface area contributed by atoms with Gasteiger partial charge in [0, 0.05) is 5.41 Å². The minimum absolute atomic E-state index is 0.171. The number of rotatable bonds is 2. The Labute approximate surface area is 102 Å². The number of hydrogen-bond acceptors (Lipinski definition) is 0. The molecule has 2 aromatic carbocycles. The summed E-state index contributed by atoms with van der Waals surface area (Å²) < 4.78 is 13.3. The highest BCUT2D eigenvalue weighted by Crippen LogP contribution is 2.31. The lowest BCUT2D eigenvalue weighted by atomic mass is 9.78. The van der Waals surface area contributed by atoms with E-state index in [4.69, 9.17) is 0 Å². The topological polar surface area (TPSA) is 0 Å². The van der Waals surface area contributed by atoms with E-state index in [1.54, 1.807) is 12.1 Å². The first-order valence-corrected chi connectivity index (χ1v) is 5.83. The summed E-state index contributed by atoms with van der Waals surface area (Å²) in [5.74, 6) is -0.178. The molecule has 0 N–H and O–H groups in total. The lowest BCUT2D eigenvalue weighted by Gasteiger charge is -2.26. The summed E-state index contributed by atoms with van der Waals surface area (Å²) in [6.45, 7) is 6.30. The molecule has 88 valence electrons. The lowest BCUT2D eigenvalue weighted by molar-refractivity contribution is 0.601. The van der Waals surface area contributed by atoms with E-state index < -0.39 is 0 Å². The molecule has 0 aliphatic carbocycles. The highest BCUT2D eigenvalue weighted by molar-refractivity contribution is 5.38. The molecule has 2 aromatic rings. The van der Waals surface area contributed by atoms with Gasteiger partial charge in [0.25, 0.3) is 0 Å². The summed E-state index contributed by atoms with van der Waals surface area (Å²) in [6, 6.07) is 15.2. The van der Waals surface area contributed by atoms with Gasteiger partial charge in [-0.05, 0) is 30.2 Å². The van der Waals surface area contributed by atoms with Crippen LogP contribution < -0.4 is 0 Å². The van der Waals surface area contributed by atoms with Crippen molar-refractivity contribution in [3.63, 3.8) is 0 Å². The Bertz CT molecular complexity index is 509. The standard InChI is InChI=1S/C16H17F/c1-12-7-9-13(10-8-12)16(2,3)14-5-4-6-15(17)11-14/h4-11H,1-3H3.